The van der Waals surface area contributed by atoms with Crippen molar-refractivity contribution in [2.45, 2.75) is 19.8 Å². The zero-order valence-corrected chi connectivity index (χ0v) is 11.3. The molecule has 3 nitrogen and oxygen atoms in total. The fraction of sp³-hybridized carbons (Fsp3) is 0.462. The highest BCUT2D eigenvalue weighted by molar-refractivity contribution is 9.10. The van der Waals surface area contributed by atoms with Crippen molar-refractivity contribution in [3.8, 4) is 5.75 Å². The van der Waals surface area contributed by atoms with E-state index >= 15 is 0 Å². The third-order valence-corrected chi connectivity index (χ3v) is 3.89. The highest BCUT2D eigenvalue weighted by Gasteiger charge is 2.27. The Morgan fingerprint density at radius 3 is 2.88 bits per heavy atom. The van der Waals surface area contributed by atoms with Crippen molar-refractivity contribution in [2.24, 2.45) is 11.8 Å². The molecule has 17 heavy (non-hydrogen) atoms. The van der Waals surface area contributed by atoms with E-state index in [2.05, 4.69) is 28.2 Å². The summed E-state index contributed by atoms with van der Waals surface area (Å²) < 4.78 is 0.598. The van der Waals surface area contributed by atoms with Crippen LogP contribution in [0.1, 0.15) is 30.1 Å². The van der Waals surface area contributed by atoms with Gasteiger partial charge in [0.25, 0.3) is 5.91 Å². The maximum Gasteiger partial charge on any atom is 0.251 e. The summed E-state index contributed by atoms with van der Waals surface area (Å²) >= 11 is 3.19. The smallest absolute Gasteiger partial charge is 0.251 e. The van der Waals surface area contributed by atoms with Crippen molar-refractivity contribution in [1.29, 1.82) is 0 Å². The quantitative estimate of drug-likeness (QED) is 0.898. The lowest BCUT2D eigenvalue weighted by atomic mass is 10.1. The number of amides is 1. The summed E-state index contributed by atoms with van der Waals surface area (Å²) in [6.45, 7) is 2.87. The van der Waals surface area contributed by atoms with Gasteiger partial charge in [-0.05, 0) is 58.8 Å². The fourth-order valence-corrected chi connectivity index (χ4v) is 2.09. The van der Waals surface area contributed by atoms with Crippen LogP contribution in [0.2, 0.25) is 0 Å². The number of phenols is 1. The SMILES string of the molecule is CC(CNC(=O)c1ccc(Br)c(O)c1)C1CC1. The van der Waals surface area contributed by atoms with Gasteiger partial charge in [-0.3, -0.25) is 4.79 Å². The highest BCUT2D eigenvalue weighted by atomic mass is 79.9. The number of carbonyl (C=O) groups is 1. The van der Waals surface area contributed by atoms with Gasteiger partial charge in [0.05, 0.1) is 4.47 Å². The van der Waals surface area contributed by atoms with E-state index in [4.69, 9.17) is 0 Å². The molecule has 1 atom stereocenters. The number of phenolic OH excluding ortho intramolecular Hbond substituents is 1. The number of benzene rings is 1. The number of aromatic hydroxyl groups is 1. The second-order valence-electron chi connectivity index (χ2n) is 4.69. The topological polar surface area (TPSA) is 49.3 Å². The summed E-state index contributed by atoms with van der Waals surface area (Å²) in [4.78, 5) is 11.8. The molecule has 1 aromatic rings. The van der Waals surface area contributed by atoms with Crippen LogP contribution in [-0.4, -0.2) is 17.6 Å². The van der Waals surface area contributed by atoms with E-state index in [1.807, 2.05) is 0 Å². The van der Waals surface area contributed by atoms with Gasteiger partial charge in [0.2, 0.25) is 0 Å². The molecule has 1 saturated carbocycles. The lowest BCUT2D eigenvalue weighted by Crippen LogP contribution is -2.28. The number of halogens is 1. The molecule has 1 aliphatic carbocycles. The molecular weight excluding hydrogens is 282 g/mol. The average molecular weight is 298 g/mol. The summed E-state index contributed by atoms with van der Waals surface area (Å²) in [6, 6.07) is 4.84. The largest absolute Gasteiger partial charge is 0.507 e. The number of hydrogen-bond donors (Lipinski definition) is 2. The molecule has 2 rings (SSSR count). The molecule has 0 saturated heterocycles. The molecular formula is C13H16BrNO2. The third kappa shape index (κ3) is 3.22. The highest BCUT2D eigenvalue weighted by Crippen LogP contribution is 2.36. The monoisotopic (exact) mass is 297 g/mol. The molecule has 0 aromatic heterocycles. The van der Waals surface area contributed by atoms with Crippen LogP contribution in [0, 0.1) is 11.8 Å². The van der Waals surface area contributed by atoms with Crippen LogP contribution in [0.4, 0.5) is 0 Å². The molecule has 0 bridgehead atoms. The van der Waals surface area contributed by atoms with E-state index in [1.54, 1.807) is 12.1 Å². The molecule has 0 aliphatic heterocycles. The van der Waals surface area contributed by atoms with Crippen molar-refractivity contribution in [2.75, 3.05) is 6.54 Å². The molecule has 0 spiro atoms. The van der Waals surface area contributed by atoms with Crippen LogP contribution < -0.4 is 5.32 Å². The van der Waals surface area contributed by atoms with Gasteiger partial charge in [-0.2, -0.15) is 0 Å². The first kappa shape index (κ1) is 12.4. The van der Waals surface area contributed by atoms with Crippen molar-refractivity contribution in [3.63, 3.8) is 0 Å². The zero-order valence-electron chi connectivity index (χ0n) is 9.74. The maximum absolute atomic E-state index is 11.8. The van der Waals surface area contributed by atoms with Gasteiger partial charge < -0.3 is 10.4 Å². The van der Waals surface area contributed by atoms with E-state index in [0.717, 1.165) is 5.92 Å². The Hall–Kier alpha value is -1.03. The minimum atomic E-state index is -0.125. The molecule has 1 aliphatic rings. The molecule has 0 radical (unpaired) electrons. The van der Waals surface area contributed by atoms with E-state index in [0.29, 0.717) is 22.5 Å². The summed E-state index contributed by atoms with van der Waals surface area (Å²) in [5, 5.41) is 12.4. The van der Waals surface area contributed by atoms with Crippen LogP contribution in [0.3, 0.4) is 0 Å². The van der Waals surface area contributed by atoms with Crippen molar-refractivity contribution >= 4 is 21.8 Å². The summed E-state index contributed by atoms with van der Waals surface area (Å²) in [5.41, 5.74) is 0.494. The van der Waals surface area contributed by atoms with Gasteiger partial charge in [-0.1, -0.05) is 6.92 Å². The lowest BCUT2D eigenvalue weighted by Gasteiger charge is -2.11. The second-order valence-corrected chi connectivity index (χ2v) is 5.55. The normalized spacial score (nSPS) is 16.6. The Bertz CT molecular complexity index is 429. The first-order valence-corrected chi connectivity index (χ1v) is 6.64. The standard InChI is InChI=1S/C13H16BrNO2/c1-8(9-2-3-9)7-15-13(17)10-4-5-11(14)12(16)6-10/h4-6,8-9,16H,2-3,7H2,1H3,(H,15,17). The van der Waals surface area contributed by atoms with Gasteiger partial charge in [0, 0.05) is 12.1 Å². The Morgan fingerprint density at radius 2 is 2.29 bits per heavy atom. The van der Waals surface area contributed by atoms with Crippen molar-refractivity contribution < 1.29 is 9.90 Å². The predicted molar refractivity (Wildman–Crippen MR) is 70.0 cm³/mol. The summed E-state index contributed by atoms with van der Waals surface area (Å²) in [6.07, 6.45) is 2.58. The Morgan fingerprint density at radius 1 is 1.59 bits per heavy atom. The molecule has 1 unspecified atom stereocenters. The molecule has 1 fully saturated rings. The summed E-state index contributed by atoms with van der Waals surface area (Å²) in [5.74, 6) is 1.30. The number of rotatable bonds is 4. The third-order valence-electron chi connectivity index (χ3n) is 3.22. The second kappa shape index (κ2) is 5.08. The minimum Gasteiger partial charge on any atom is -0.507 e. The summed E-state index contributed by atoms with van der Waals surface area (Å²) in [7, 11) is 0. The average Bonchev–Trinajstić information content (AvgIpc) is 3.13. The molecule has 92 valence electrons. The predicted octanol–water partition coefficient (Wildman–Crippen LogP) is 2.93. The van der Waals surface area contributed by atoms with E-state index in [-0.39, 0.29) is 11.7 Å². The van der Waals surface area contributed by atoms with Gasteiger partial charge in [-0.15, -0.1) is 0 Å². The Balaban J connectivity index is 1.92. The number of hydrogen-bond acceptors (Lipinski definition) is 2. The van der Waals surface area contributed by atoms with Crippen molar-refractivity contribution in [3.05, 3.63) is 28.2 Å². The van der Waals surface area contributed by atoms with Gasteiger partial charge in [-0.25, -0.2) is 0 Å². The maximum atomic E-state index is 11.8. The first-order chi connectivity index (χ1) is 8.08. The van der Waals surface area contributed by atoms with Crippen LogP contribution in [-0.2, 0) is 0 Å². The first-order valence-electron chi connectivity index (χ1n) is 5.84. The fourth-order valence-electron chi connectivity index (χ4n) is 1.84. The zero-order chi connectivity index (χ0) is 12.4. The minimum absolute atomic E-state index is 0.0906. The number of carbonyl (C=O) groups excluding carboxylic acids is 1. The van der Waals surface area contributed by atoms with Crippen molar-refractivity contribution in [1.82, 2.24) is 5.32 Å². The van der Waals surface area contributed by atoms with E-state index in [9.17, 15) is 9.90 Å². The Kier molecular flexibility index (Phi) is 3.72. The van der Waals surface area contributed by atoms with Crippen LogP contribution in [0.25, 0.3) is 0 Å². The Labute approximate surface area is 109 Å². The molecule has 1 aromatic carbocycles. The van der Waals surface area contributed by atoms with Crippen LogP contribution >= 0.6 is 15.9 Å². The molecule has 1 amide bonds. The number of nitrogens with one attached hydrogen (secondary N) is 1. The molecule has 4 heteroatoms. The van der Waals surface area contributed by atoms with E-state index in [1.165, 1.54) is 18.9 Å². The van der Waals surface area contributed by atoms with Crippen LogP contribution in [0.5, 0.6) is 5.75 Å². The van der Waals surface area contributed by atoms with Gasteiger partial charge in [0.1, 0.15) is 5.75 Å². The van der Waals surface area contributed by atoms with Gasteiger partial charge >= 0.3 is 0 Å². The van der Waals surface area contributed by atoms with E-state index < -0.39 is 0 Å². The lowest BCUT2D eigenvalue weighted by molar-refractivity contribution is 0.0946. The molecule has 0 heterocycles. The molecule has 2 N–H and O–H groups in total. The van der Waals surface area contributed by atoms with Crippen LogP contribution in [0.15, 0.2) is 22.7 Å². The van der Waals surface area contributed by atoms with Gasteiger partial charge in [0.15, 0.2) is 0 Å².